The average Bonchev–Trinajstić information content (AvgIpc) is 2.13. The van der Waals surface area contributed by atoms with Crippen LogP contribution in [0.3, 0.4) is 0 Å². The van der Waals surface area contributed by atoms with Gasteiger partial charge in [-0.25, -0.2) is 0 Å². The van der Waals surface area contributed by atoms with Crippen LogP contribution in [-0.2, 0) is 15.6 Å². The van der Waals surface area contributed by atoms with Crippen molar-refractivity contribution in [1.29, 1.82) is 0 Å². The van der Waals surface area contributed by atoms with Crippen LogP contribution in [0.5, 0.6) is 0 Å². The molecule has 0 spiro atoms. The summed E-state index contributed by atoms with van der Waals surface area (Å²) in [4.78, 5) is 11.3. The molecule has 5 heteroatoms. The van der Waals surface area contributed by atoms with Gasteiger partial charge in [-0.2, -0.15) is 0 Å². The summed E-state index contributed by atoms with van der Waals surface area (Å²) >= 11 is 0. The smallest absolute Gasteiger partial charge is 0.236 e. The predicted octanol–water partition coefficient (Wildman–Crippen LogP) is -0.131. The van der Waals surface area contributed by atoms with Crippen molar-refractivity contribution in [2.45, 2.75) is 26.3 Å². The quantitative estimate of drug-likeness (QED) is 0.628. The lowest BCUT2D eigenvalue weighted by Crippen LogP contribution is -2.43. The lowest BCUT2D eigenvalue weighted by atomic mass is 10.3. The Morgan fingerprint density at radius 2 is 2.07 bits per heavy atom. The highest BCUT2D eigenvalue weighted by atomic mass is 32.2. The first-order valence-corrected chi connectivity index (χ1v) is 6.61. The van der Waals surface area contributed by atoms with E-state index < -0.39 is 10.8 Å². The van der Waals surface area contributed by atoms with E-state index in [1.165, 1.54) is 0 Å². The molecule has 14 heavy (non-hydrogen) atoms. The lowest BCUT2D eigenvalue weighted by molar-refractivity contribution is -0.122. The highest BCUT2D eigenvalue weighted by molar-refractivity contribution is 7.84. The Kier molecular flexibility index (Phi) is 7.70. The van der Waals surface area contributed by atoms with E-state index in [-0.39, 0.29) is 11.9 Å². The van der Waals surface area contributed by atoms with E-state index in [0.29, 0.717) is 18.8 Å². The molecule has 4 nitrogen and oxygen atoms in total. The molecule has 0 aliphatic carbocycles. The van der Waals surface area contributed by atoms with E-state index in [2.05, 4.69) is 10.6 Å². The minimum absolute atomic E-state index is 0.00809. The number of nitrogens with one attached hydrogen (secondary N) is 2. The molecule has 0 aromatic rings. The molecule has 2 N–H and O–H groups in total. The number of rotatable bonds is 7. The third kappa shape index (κ3) is 7.03. The van der Waals surface area contributed by atoms with Crippen molar-refractivity contribution in [3.05, 3.63) is 0 Å². The maximum atomic E-state index is 11.3. The summed E-state index contributed by atoms with van der Waals surface area (Å²) in [6.45, 7) is 5.15. The maximum absolute atomic E-state index is 11.3. The first-order chi connectivity index (χ1) is 6.57. The van der Waals surface area contributed by atoms with Crippen LogP contribution in [0.15, 0.2) is 0 Å². The maximum Gasteiger partial charge on any atom is 0.236 e. The fraction of sp³-hybridized carbons (Fsp3) is 0.889. The van der Waals surface area contributed by atoms with Crippen molar-refractivity contribution in [3.63, 3.8) is 0 Å². The zero-order chi connectivity index (χ0) is 11.0. The summed E-state index contributed by atoms with van der Waals surface area (Å²) in [5.41, 5.74) is 0. The normalized spacial score (nSPS) is 14.8. The van der Waals surface area contributed by atoms with Crippen molar-refractivity contribution >= 4 is 16.7 Å². The van der Waals surface area contributed by atoms with Gasteiger partial charge in [-0.3, -0.25) is 9.00 Å². The Labute approximate surface area is 88.3 Å². The molecule has 84 valence electrons. The zero-order valence-electron chi connectivity index (χ0n) is 9.13. The summed E-state index contributed by atoms with van der Waals surface area (Å²) in [7, 11) is -0.795. The highest BCUT2D eigenvalue weighted by Gasteiger charge is 2.10. The molecule has 0 fully saturated rings. The molecule has 0 radical (unpaired) electrons. The second kappa shape index (κ2) is 7.94. The van der Waals surface area contributed by atoms with E-state index in [0.717, 1.165) is 6.42 Å². The van der Waals surface area contributed by atoms with Gasteiger partial charge in [-0.1, -0.05) is 6.92 Å². The Hall–Kier alpha value is -0.420. The number of hydrogen-bond donors (Lipinski definition) is 2. The monoisotopic (exact) mass is 220 g/mol. The van der Waals surface area contributed by atoms with E-state index in [4.69, 9.17) is 0 Å². The lowest BCUT2D eigenvalue weighted by Gasteiger charge is -2.12. The van der Waals surface area contributed by atoms with Gasteiger partial charge in [0.1, 0.15) is 0 Å². The first kappa shape index (κ1) is 13.6. The van der Waals surface area contributed by atoms with Gasteiger partial charge in [-0.15, -0.1) is 0 Å². The van der Waals surface area contributed by atoms with Gasteiger partial charge in [0.15, 0.2) is 0 Å². The number of carbonyl (C=O) groups excluding carboxylic acids is 1. The molecule has 2 atom stereocenters. The van der Waals surface area contributed by atoms with Crippen LogP contribution in [0.2, 0.25) is 0 Å². The zero-order valence-corrected chi connectivity index (χ0v) is 9.95. The second-order valence-corrected chi connectivity index (χ2v) is 4.80. The molecular formula is C9H20N2O2S. The van der Waals surface area contributed by atoms with Gasteiger partial charge in [0.05, 0.1) is 6.04 Å². The van der Waals surface area contributed by atoms with E-state index in [1.807, 2.05) is 13.8 Å². The van der Waals surface area contributed by atoms with Gasteiger partial charge in [-0.05, 0) is 13.3 Å². The Morgan fingerprint density at radius 1 is 1.43 bits per heavy atom. The van der Waals surface area contributed by atoms with Crippen molar-refractivity contribution in [3.8, 4) is 0 Å². The van der Waals surface area contributed by atoms with Gasteiger partial charge < -0.3 is 10.6 Å². The van der Waals surface area contributed by atoms with Crippen LogP contribution in [0.4, 0.5) is 0 Å². The van der Waals surface area contributed by atoms with Gasteiger partial charge in [0.25, 0.3) is 0 Å². The molecule has 0 saturated carbocycles. The standard InChI is InChI=1S/C9H20N2O2S/c1-4-5-11-9(12)8(2)10-6-7-14(3)13/h8,10H,4-7H2,1-3H3,(H,11,12). The van der Waals surface area contributed by atoms with Crippen LogP contribution < -0.4 is 10.6 Å². The molecule has 0 bridgehead atoms. The van der Waals surface area contributed by atoms with Gasteiger partial charge >= 0.3 is 0 Å². The summed E-state index contributed by atoms with van der Waals surface area (Å²) in [5, 5.41) is 5.81. The Bertz CT molecular complexity index is 197. The molecule has 0 aromatic heterocycles. The predicted molar refractivity (Wildman–Crippen MR) is 59.7 cm³/mol. The number of hydrogen-bond acceptors (Lipinski definition) is 3. The fourth-order valence-electron chi connectivity index (χ4n) is 0.913. The third-order valence-electron chi connectivity index (χ3n) is 1.78. The highest BCUT2D eigenvalue weighted by Crippen LogP contribution is 1.83. The van der Waals surface area contributed by atoms with Crippen molar-refractivity contribution in [1.82, 2.24) is 10.6 Å². The average molecular weight is 220 g/mol. The summed E-state index contributed by atoms with van der Waals surface area (Å²) < 4.78 is 10.7. The van der Waals surface area contributed by atoms with Crippen LogP contribution in [0.25, 0.3) is 0 Å². The minimum atomic E-state index is -0.795. The third-order valence-corrected chi connectivity index (χ3v) is 2.56. The molecule has 0 aliphatic heterocycles. The molecule has 0 saturated heterocycles. The SMILES string of the molecule is CCCNC(=O)C(C)NCCS(C)=O. The van der Waals surface area contributed by atoms with Gasteiger partial charge in [0, 0.05) is 35.9 Å². The molecule has 0 aromatic carbocycles. The van der Waals surface area contributed by atoms with Crippen LogP contribution in [-0.4, -0.2) is 41.3 Å². The molecule has 0 rings (SSSR count). The van der Waals surface area contributed by atoms with Crippen LogP contribution in [0, 0.1) is 0 Å². The topological polar surface area (TPSA) is 58.2 Å². The Morgan fingerprint density at radius 3 is 2.57 bits per heavy atom. The van der Waals surface area contributed by atoms with Crippen molar-refractivity contribution < 1.29 is 9.00 Å². The van der Waals surface area contributed by atoms with E-state index in [1.54, 1.807) is 6.26 Å². The van der Waals surface area contributed by atoms with E-state index in [9.17, 15) is 9.00 Å². The van der Waals surface area contributed by atoms with Gasteiger partial charge in [0.2, 0.25) is 5.91 Å². The summed E-state index contributed by atoms with van der Waals surface area (Å²) in [6.07, 6.45) is 2.60. The number of carbonyl (C=O) groups is 1. The molecule has 0 aliphatic rings. The first-order valence-electron chi connectivity index (χ1n) is 4.89. The molecule has 2 unspecified atom stereocenters. The second-order valence-electron chi connectivity index (χ2n) is 3.24. The molecular weight excluding hydrogens is 200 g/mol. The molecule has 1 amide bonds. The Balaban J connectivity index is 3.56. The fourth-order valence-corrected chi connectivity index (χ4v) is 1.32. The summed E-state index contributed by atoms with van der Waals surface area (Å²) in [6, 6.07) is -0.204. The number of amides is 1. The van der Waals surface area contributed by atoms with Crippen molar-refractivity contribution in [2.75, 3.05) is 25.1 Å². The van der Waals surface area contributed by atoms with Crippen molar-refractivity contribution in [2.24, 2.45) is 0 Å². The van der Waals surface area contributed by atoms with E-state index >= 15 is 0 Å². The molecule has 0 heterocycles. The summed E-state index contributed by atoms with van der Waals surface area (Å²) in [5.74, 6) is 0.597. The van der Waals surface area contributed by atoms with Crippen LogP contribution in [0.1, 0.15) is 20.3 Å². The largest absolute Gasteiger partial charge is 0.355 e. The minimum Gasteiger partial charge on any atom is -0.355 e. The van der Waals surface area contributed by atoms with Crippen LogP contribution >= 0.6 is 0 Å².